The smallest absolute Gasteiger partial charge is 0.129 e. The first-order valence-corrected chi connectivity index (χ1v) is 6.51. The van der Waals surface area contributed by atoms with E-state index >= 15 is 0 Å². The largest absolute Gasteiger partial charge is 0.367 e. The third-order valence-corrected chi connectivity index (χ3v) is 3.00. The van der Waals surface area contributed by atoms with Crippen LogP contribution in [0.15, 0.2) is 12.3 Å². The van der Waals surface area contributed by atoms with Crippen molar-refractivity contribution in [2.75, 3.05) is 16.8 Å². The van der Waals surface area contributed by atoms with Crippen molar-refractivity contribution in [3.63, 3.8) is 0 Å². The zero-order valence-corrected chi connectivity index (χ0v) is 10.5. The summed E-state index contributed by atoms with van der Waals surface area (Å²) in [6.07, 6.45) is 2.96. The van der Waals surface area contributed by atoms with E-state index < -0.39 is 0 Å². The number of anilines is 1. The van der Waals surface area contributed by atoms with E-state index in [2.05, 4.69) is 29.1 Å². The van der Waals surface area contributed by atoms with Gasteiger partial charge in [0.15, 0.2) is 0 Å². The van der Waals surface area contributed by atoms with E-state index in [1.807, 2.05) is 24.8 Å². The molecule has 0 aliphatic heterocycles. The molecule has 0 saturated carbocycles. The van der Waals surface area contributed by atoms with E-state index in [0.29, 0.717) is 6.04 Å². The van der Waals surface area contributed by atoms with Crippen LogP contribution in [0.3, 0.4) is 0 Å². The standard InChI is InChI=1S/C11H19N3S/c1-4-15-8-6-9(2)13-11-5-7-12-10(3)14-11/h5,7,9H,4,6,8H2,1-3H3,(H,12,13,14). The zero-order chi connectivity index (χ0) is 11.1. The van der Waals surface area contributed by atoms with Gasteiger partial charge in [-0.15, -0.1) is 0 Å². The van der Waals surface area contributed by atoms with Crippen LogP contribution in [0, 0.1) is 6.92 Å². The Balaban J connectivity index is 2.34. The number of nitrogens with one attached hydrogen (secondary N) is 1. The lowest BCUT2D eigenvalue weighted by molar-refractivity contribution is 0.764. The summed E-state index contributed by atoms with van der Waals surface area (Å²) < 4.78 is 0. The van der Waals surface area contributed by atoms with Crippen molar-refractivity contribution in [2.45, 2.75) is 33.2 Å². The van der Waals surface area contributed by atoms with Gasteiger partial charge in [-0.05, 0) is 37.8 Å². The Morgan fingerprint density at radius 1 is 1.53 bits per heavy atom. The van der Waals surface area contributed by atoms with Gasteiger partial charge in [-0.1, -0.05) is 6.92 Å². The fourth-order valence-corrected chi connectivity index (χ4v) is 2.07. The van der Waals surface area contributed by atoms with E-state index in [-0.39, 0.29) is 0 Å². The van der Waals surface area contributed by atoms with Gasteiger partial charge in [0.2, 0.25) is 0 Å². The van der Waals surface area contributed by atoms with Crippen LogP contribution in [-0.4, -0.2) is 27.5 Å². The van der Waals surface area contributed by atoms with Gasteiger partial charge in [0, 0.05) is 12.2 Å². The molecule has 1 rings (SSSR count). The molecular formula is C11H19N3S. The van der Waals surface area contributed by atoms with Crippen LogP contribution in [0.2, 0.25) is 0 Å². The van der Waals surface area contributed by atoms with Crippen molar-refractivity contribution < 1.29 is 0 Å². The number of hydrogen-bond donors (Lipinski definition) is 1. The molecule has 1 atom stereocenters. The first kappa shape index (κ1) is 12.3. The fraction of sp³-hybridized carbons (Fsp3) is 0.636. The number of aromatic nitrogens is 2. The molecule has 0 aliphatic carbocycles. The molecular weight excluding hydrogens is 206 g/mol. The van der Waals surface area contributed by atoms with Crippen LogP contribution in [-0.2, 0) is 0 Å². The van der Waals surface area contributed by atoms with E-state index in [0.717, 1.165) is 11.6 Å². The summed E-state index contributed by atoms with van der Waals surface area (Å²) >= 11 is 1.98. The molecule has 0 radical (unpaired) electrons. The lowest BCUT2D eigenvalue weighted by Crippen LogP contribution is -2.17. The summed E-state index contributed by atoms with van der Waals surface area (Å²) in [5.41, 5.74) is 0. The van der Waals surface area contributed by atoms with Crippen LogP contribution >= 0.6 is 11.8 Å². The second kappa shape index (κ2) is 6.67. The minimum Gasteiger partial charge on any atom is -0.367 e. The molecule has 0 bridgehead atoms. The molecule has 0 amide bonds. The molecule has 0 aromatic carbocycles. The Morgan fingerprint density at radius 3 is 3.00 bits per heavy atom. The van der Waals surface area contributed by atoms with Gasteiger partial charge in [0.1, 0.15) is 11.6 Å². The van der Waals surface area contributed by atoms with E-state index in [9.17, 15) is 0 Å². The fourth-order valence-electron chi connectivity index (χ4n) is 1.27. The van der Waals surface area contributed by atoms with Crippen molar-refractivity contribution in [3.8, 4) is 0 Å². The highest BCUT2D eigenvalue weighted by molar-refractivity contribution is 7.99. The van der Waals surface area contributed by atoms with Crippen LogP contribution in [0.5, 0.6) is 0 Å². The maximum atomic E-state index is 4.31. The normalized spacial score (nSPS) is 12.5. The first-order chi connectivity index (χ1) is 7.22. The second-order valence-corrected chi connectivity index (χ2v) is 4.91. The molecule has 0 aliphatic rings. The predicted octanol–water partition coefficient (Wildman–Crippen LogP) is 2.73. The molecule has 3 nitrogen and oxygen atoms in total. The van der Waals surface area contributed by atoms with Gasteiger partial charge in [0.05, 0.1) is 0 Å². The Bertz CT molecular complexity index is 291. The SMILES string of the molecule is CCSCCC(C)Nc1ccnc(C)n1. The zero-order valence-electron chi connectivity index (χ0n) is 9.66. The minimum atomic E-state index is 0.471. The van der Waals surface area contributed by atoms with Crippen LogP contribution in [0.25, 0.3) is 0 Å². The third-order valence-electron chi connectivity index (χ3n) is 2.07. The van der Waals surface area contributed by atoms with Gasteiger partial charge in [-0.3, -0.25) is 0 Å². The third kappa shape index (κ3) is 5.02. The van der Waals surface area contributed by atoms with Crippen molar-refractivity contribution in [2.24, 2.45) is 0 Å². The van der Waals surface area contributed by atoms with Crippen LogP contribution in [0.1, 0.15) is 26.1 Å². The molecule has 1 aromatic heterocycles. The Labute approximate surface area is 96.1 Å². The van der Waals surface area contributed by atoms with Crippen molar-refractivity contribution in [1.82, 2.24) is 9.97 Å². The summed E-state index contributed by atoms with van der Waals surface area (Å²) in [5, 5.41) is 3.38. The molecule has 1 unspecified atom stereocenters. The Morgan fingerprint density at radius 2 is 2.33 bits per heavy atom. The molecule has 0 saturated heterocycles. The number of aryl methyl sites for hydroxylation is 1. The van der Waals surface area contributed by atoms with Gasteiger partial charge >= 0.3 is 0 Å². The summed E-state index contributed by atoms with van der Waals surface area (Å²) in [4.78, 5) is 8.38. The summed E-state index contributed by atoms with van der Waals surface area (Å²) in [6, 6.07) is 2.38. The lowest BCUT2D eigenvalue weighted by atomic mass is 10.2. The Kier molecular flexibility index (Phi) is 5.47. The average molecular weight is 225 g/mol. The van der Waals surface area contributed by atoms with Gasteiger partial charge in [-0.25, -0.2) is 9.97 Å². The highest BCUT2D eigenvalue weighted by atomic mass is 32.2. The average Bonchev–Trinajstić information content (AvgIpc) is 2.18. The summed E-state index contributed by atoms with van der Waals surface area (Å²) in [7, 11) is 0. The molecule has 0 spiro atoms. The Hall–Kier alpha value is -0.770. The van der Waals surface area contributed by atoms with E-state index in [1.54, 1.807) is 6.20 Å². The molecule has 84 valence electrons. The number of rotatable bonds is 6. The van der Waals surface area contributed by atoms with Crippen molar-refractivity contribution in [1.29, 1.82) is 0 Å². The van der Waals surface area contributed by atoms with E-state index in [4.69, 9.17) is 0 Å². The first-order valence-electron chi connectivity index (χ1n) is 5.36. The van der Waals surface area contributed by atoms with E-state index in [1.165, 1.54) is 17.9 Å². The molecule has 0 fully saturated rings. The van der Waals surface area contributed by atoms with Gasteiger partial charge in [0.25, 0.3) is 0 Å². The maximum Gasteiger partial charge on any atom is 0.129 e. The predicted molar refractivity (Wildman–Crippen MR) is 67.5 cm³/mol. The molecule has 1 N–H and O–H groups in total. The second-order valence-electron chi connectivity index (χ2n) is 3.52. The number of thioether (sulfide) groups is 1. The minimum absolute atomic E-state index is 0.471. The van der Waals surface area contributed by atoms with Crippen LogP contribution < -0.4 is 5.32 Å². The number of nitrogens with zero attached hydrogens (tertiary/aromatic N) is 2. The molecule has 1 heterocycles. The van der Waals surface area contributed by atoms with Crippen LogP contribution in [0.4, 0.5) is 5.82 Å². The highest BCUT2D eigenvalue weighted by Gasteiger charge is 2.02. The quantitative estimate of drug-likeness (QED) is 0.755. The lowest BCUT2D eigenvalue weighted by Gasteiger charge is -2.13. The molecule has 1 aromatic rings. The number of hydrogen-bond acceptors (Lipinski definition) is 4. The summed E-state index contributed by atoms with van der Waals surface area (Å²) in [5.74, 6) is 4.14. The molecule has 15 heavy (non-hydrogen) atoms. The van der Waals surface area contributed by atoms with Crippen molar-refractivity contribution >= 4 is 17.6 Å². The van der Waals surface area contributed by atoms with Crippen molar-refractivity contribution in [3.05, 3.63) is 18.1 Å². The van der Waals surface area contributed by atoms with Gasteiger partial charge < -0.3 is 5.32 Å². The maximum absolute atomic E-state index is 4.31. The highest BCUT2D eigenvalue weighted by Crippen LogP contribution is 2.09. The topological polar surface area (TPSA) is 37.8 Å². The summed E-state index contributed by atoms with van der Waals surface area (Å²) in [6.45, 7) is 6.28. The van der Waals surface area contributed by atoms with Gasteiger partial charge in [-0.2, -0.15) is 11.8 Å². The molecule has 4 heteroatoms. The monoisotopic (exact) mass is 225 g/mol.